The van der Waals surface area contributed by atoms with Gasteiger partial charge in [-0.1, -0.05) is 49.1 Å². The van der Waals surface area contributed by atoms with Crippen molar-refractivity contribution in [3.8, 4) is 0 Å². The number of benzene rings is 1. The summed E-state index contributed by atoms with van der Waals surface area (Å²) >= 11 is 1.88. The molecule has 1 aromatic carbocycles. The molecule has 0 aliphatic rings. The Morgan fingerprint density at radius 3 is 2.00 bits per heavy atom. The van der Waals surface area contributed by atoms with Gasteiger partial charge in [-0.05, 0) is 11.8 Å². The van der Waals surface area contributed by atoms with Crippen molar-refractivity contribution in [2.45, 2.75) is 25.4 Å². The minimum absolute atomic E-state index is 1.09. The first-order chi connectivity index (χ1) is 6.04. The van der Waals surface area contributed by atoms with E-state index in [-0.39, 0.29) is 0 Å². The van der Waals surface area contributed by atoms with Crippen molar-refractivity contribution in [2.75, 3.05) is 6.26 Å². The van der Waals surface area contributed by atoms with Crippen molar-refractivity contribution >= 4 is 25.0 Å². The lowest BCUT2D eigenvalue weighted by Crippen LogP contribution is -2.37. The first-order valence-corrected chi connectivity index (χ1v) is 9.52. The molecule has 0 atom stereocenters. The second-order valence-corrected chi connectivity index (χ2v) is 10.3. The maximum Gasteiger partial charge on any atom is 0.0775 e. The monoisotopic (exact) mass is 210 g/mol. The van der Waals surface area contributed by atoms with Gasteiger partial charge in [0.05, 0.1) is 8.07 Å². The first kappa shape index (κ1) is 10.9. The van der Waals surface area contributed by atoms with Crippen molar-refractivity contribution < 1.29 is 0 Å². The van der Waals surface area contributed by atoms with E-state index in [1.165, 1.54) is 5.56 Å². The first-order valence-electron chi connectivity index (χ1n) is 4.62. The zero-order chi connectivity index (χ0) is 9.90. The Balaban J connectivity index is 2.81. The summed E-state index contributed by atoms with van der Waals surface area (Å²) in [7, 11) is -1.09. The molecule has 0 aliphatic heterocycles. The van der Waals surface area contributed by atoms with E-state index < -0.39 is 8.07 Å². The number of hydrogen-bond acceptors (Lipinski definition) is 1. The van der Waals surface area contributed by atoms with Crippen LogP contribution in [0.15, 0.2) is 24.3 Å². The topological polar surface area (TPSA) is 0 Å². The molecule has 0 aromatic heterocycles. The van der Waals surface area contributed by atoms with E-state index >= 15 is 0 Å². The summed E-state index contributed by atoms with van der Waals surface area (Å²) in [4.78, 5) is 0. The average molecular weight is 210 g/mol. The zero-order valence-corrected chi connectivity index (χ0v) is 10.7. The van der Waals surface area contributed by atoms with E-state index in [0.29, 0.717) is 0 Å². The minimum Gasteiger partial charge on any atom is -0.161 e. The summed E-state index contributed by atoms with van der Waals surface area (Å²) in [5, 5.41) is 1.55. The van der Waals surface area contributed by atoms with Crippen molar-refractivity contribution in [1.29, 1.82) is 0 Å². The molecule has 0 unspecified atom stereocenters. The van der Waals surface area contributed by atoms with Crippen molar-refractivity contribution in [1.82, 2.24) is 0 Å². The fraction of sp³-hybridized carbons (Fsp3) is 0.455. The number of rotatable bonds is 3. The third-order valence-electron chi connectivity index (χ3n) is 2.13. The maximum absolute atomic E-state index is 2.39. The third-order valence-corrected chi connectivity index (χ3v) is 4.82. The highest BCUT2D eigenvalue weighted by molar-refractivity contribution is 7.97. The van der Waals surface area contributed by atoms with Crippen LogP contribution < -0.4 is 5.19 Å². The van der Waals surface area contributed by atoms with Crippen LogP contribution in [0.4, 0.5) is 0 Å². The van der Waals surface area contributed by atoms with Gasteiger partial charge in [0, 0.05) is 5.75 Å². The molecule has 0 spiro atoms. The van der Waals surface area contributed by atoms with E-state index in [4.69, 9.17) is 0 Å². The van der Waals surface area contributed by atoms with Crippen LogP contribution in [-0.2, 0) is 5.75 Å². The normalized spacial score (nSPS) is 11.7. The molecule has 0 fully saturated rings. The summed E-state index contributed by atoms with van der Waals surface area (Å²) in [6.45, 7) is 7.16. The van der Waals surface area contributed by atoms with Gasteiger partial charge in [-0.3, -0.25) is 0 Å². The van der Waals surface area contributed by atoms with Crippen molar-refractivity contribution in [3.05, 3.63) is 29.8 Å². The van der Waals surface area contributed by atoms with Gasteiger partial charge in [0.1, 0.15) is 0 Å². The molecular formula is C11H18SSi. The molecule has 1 rings (SSSR count). The predicted octanol–water partition coefficient (Wildman–Crippen LogP) is 3.09. The van der Waals surface area contributed by atoms with Gasteiger partial charge in [-0.25, -0.2) is 0 Å². The van der Waals surface area contributed by atoms with Gasteiger partial charge >= 0.3 is 0 Å². The smallest absolute Gasteiger partial charge is 0.0775 e. The molecule has 13 heavy (non-hydrogen) atoms. The van der Waals surface area contributed by atoms with Crippen LogP contribution in [-0.4, -0.2) is 14.3 Å². The molecule has 1 aromatic rings. The molecule has 0 amide bonds. The van der Waals surface area contributed by atoms with E-state index in [0.717, 1.165) is 5.75 Å². The molecule has 0 saturated heterocycles. The Labute approximate surface area is 86.8 Å². The third kappa shape index (κ3) is 3.20. The Kier molecular flexibility index (Phi) is 3.62. The standard InChI is InChI=1S/C11H18SSi/c1-12-9-10-5-7-11(8-6-10)13(2,3)4/h5-8H,9H2,1-4H3. The van der Waals surface area contributed by atoms with Crippen LogP contribution in [0.1, 0.15) is 5.56 Å². The average Bonchev–Trinajstić information content (AvgIpc) is 2.04. The van der Waals surface area contributed by atoms with Crippen LogP contribution in [0.3, 0.4) is 0 Å². The molecular weight excluding hydrogens is 192 g/mol. The molecule has 0 heterocycles. The lowest BCUT2D eigenvalue weighted by molar-refractivity contribution is 1.43. The fourth-order valence-electron chi connectivity index (χ4n) is 1.27. The van der Waals surface area contributed by atoms with E-state index in [9.17, 15) is 0 Å². The molecule has 0 saturated carbocycles. The van der Waals surface area contributed by atoms with Gasteiger partial charge in [-0.2, -0.15) is 11.8 Å². The summed E-state index contributed by atoms with van der Waals surface area (Å²) < 4.78 is 0. The Bertz CT molecular complexity index is 258. The Morgan fingerprint density at radius 1 is 1.08 bits per heavy atom. The lowest BCUT2D eigenvalue weighted by Gasteiger charge is -2.16. The maximum atomic E-state index is 2.39. The zero-order valence-electron chi connectivity index (χ0n) is 8.92. The Morgan fingerprint density at radius 2 is 1.62 bits per heavy atom. The summed E-state index contributed by atoms with van der Waals surface area (Å²) in [5.74, 6) is 1.13. The van der Waals surface area contributed by atoms with Gasteiger partial charge in [0.25, 0.3) is 0 Å². The molecule has 72 valence electrons. The molecule has 0 nitrogen and oxygen atoms in total. The molecule has 2 heteroatoms. The van der Waals surface area contributed by atoms with Crippen LogP contribution in [0.2, 0.25) is 19.6 Å². The number of thioether (sulfide) groups is 1. The van der Waals surface area contributed by atoms with Gasteiger partial charge in [0.2, 0.25) is 0 Å². The summed E-state index contributed by atoms with van der Waals surface area (Å²) in [5.41, 5.74) is 1.44. The SMILES string of the molecule is CSCc1ccc([Si](C)(C)C)cc1. The summed E-state index contributed by atoms with van der Waals surface area (Å²) in [6, 6.07) is 9.14. The second-order valence-electron chi connectivity index (χ2n) is 4.38. The second kappa shape index (κ2) is 4.34. The summed E-state index contributed by atoms with van der Waals surface area (Å²) in [6.07, 6.45) is 2.15. The quantitative estimate of drug-likeness (QED) is 0.691. The van der Waals surface area contributed by atoms with E-state index in [1.807, 2.05) is 11.8 Å². The van der Waals surface area contributed by atoms with E-state index in [2.05, 4.69) is 50.2 Å². The van der Waals surface area contributed by atoms with Gasteiger partial charge < -0.3 is 0 Å². The number of hydrogen-bond donors (Lipinski definition) is 0. The van der Waals surface area contributed by atoms with Crippen LogP contribution in [0.25, 0.3) is 0 Å². The largest absolute Gasteiger partial charge is 0.161 e. The fourth-order valence-corrected chi connectivity index (χ4v) is 2.96. The van der Waals surface area contributed by atoms with Crippen molar-refractivity contribution in [2.24, 2.45) is 0 Å². The molecule has 0 bridgehead atoms. The molecule has 0 N–H and O–H groups in total. The van der Waals surface area contributed by atoms with Gasteiger partial charge in [0.15, 0.2) is 0 Å². The van der Waals surface area contributed by atoms with Gasteiger partial charge in [-0.15, -0.1) is 0 Å². The molecule has 0 aliphatic carbocycles. The highest BCUT2D eigenvalue weighted by Gasteiger charge is 2.15. The van der Waals surface area contributed by atoms with Crippen LogP contribution >= 0.6 is 11.8 Å². The highest BCUT2D eigenvalue weighted by Crippen LogP contribution is 2.09. The molecule has 0 radical (unpaired) electrons. The van der Waals surface area contributed by atoms with Crippen LogP contribution in [0.5, 0.6) is 0 Å². The predicted molar refractivity (Wildman–Crippen MR) is 66.6 cm³/mol. The van der Waals surface area contributed by atoms with Crippen LogP contribution in [0, 0.1) is 0 Å². The van der Waals surface area contributed by atoms with E-state index in [1.54, 1.807) is 5.19 Å². The highest BCUT2D eigenvalue weighted by atomic mass is 32.2. The minimum atomic E-state index is -1.09. The van der Waals surface area contributed by atoms with Crippen molar-refractivity contribution in [3.63, 3.8) is 0 Å². The lowest BCUT2D eigenvalue weighted by atomic mass is 10.2. The Hall–Kier alpha value is -0.213.